The smallest absolute Gasteiger partial charge is 0.203 e. The number of carbonyl (C=O) groups is 1. The Kier molecular flexibility index (Phi) is 3.71. The molecule has 22 heavy (non-hydrogen) atoms. The van der Waals surface area contributed by atoms with Gasteiger partial charge in [-0.05, 0) is 29.3 Å². The van der Waals surface area contributed by atoms with E-state index in [-0.39, 0.29) is 5.78 Å². The van der Waals surface area contributed by atoms with Gasteiger partial charge in [0.05, 0.1) is 27.0 Å². The fraction of sp³-hybridized carbons (Fsp3) is 0.294. The van der Waals surface area contributed by atoms with Crippen LogP contribution in [0.5, 0.6) is 17.2 Å². The number of aromatic nitrogens is 1. The molecule has 1 aromatic heterocycles. The van der Waals surface area contributed by atoms with Crippen LogP contribution in [0.25, 0.3) is 11.1 Å². The number of fused-ring (bicyclic) bond motifs is 1. The molecule has 114 valence electrons. The number of hydrogen-bond acceptors (Lipinski definition) is 5. The summed E-state index contributed by atoms with van der Waals surface area (Å²) in [5.74, 6) is 1.95. The number of methoxy groups -OCH3 is 3. The molecule has 0 radical (unpaired) electrons. The largest absolute Gasteiger partial charge is 0.493 e. The quantitative estimate of drug-likeness (QED) is 0.868. The molecule has 0 atom stereocenters. The van der Waals surface area contributed by atoms with Crippen molar-refractivity contribution in [1.29, 1.82) is 0 Å². The fourth-order valence-corrected chi connectivity index (χ4v) is 2.72. The number of nitrogens with zero attached hydrogens (tertiary/aromatic N) is 1. The Morgan fingerprint density at radius 3 is 2.18 bits per heavy atom. The number of pyridine rings is 1. The Hall–Kier alpha value is -2.56. The first-order chi connectivity index (χ1) is 10.7. The summed E-state index contributed by atoms with van der Waals surface area (Å²) in [7, 11) is 4.74. The van der Waals surface area contributed by atoms with Crippen molar-refractivity contribution in [2.45, 2.75) is 12.8 Å². The van der Waals surface area contributed by atoms with Crippen LogP contribution in [0.3, 0.4) is 0 Å². The molecular formula is C17H17NO4. The molecule has 1 aliphatic rings. The number of rotatable bonds is 4. The highest BCUT2D eigenvalue weighted by Crippen LogP contribution is 2.41. The summed E-state index contributed by atoms with van der Waals surface area (Å²) in [5, 5.41) is 0. The van der Waals surface area contributed by atoms with E-state index in [2.05, 4.69) is 4.98 Å². The second-order valence-corrected chi connectivity index (χ2v) is 5.14. The fourth-order valence-electron chi connectivity index (χ4n) is 2.72. The summed E-state index contributed by atoms with van der Waals surface area (Å²) >= 11 is 0. The van der Waals surface area contributed by atoms with Gasteiger partial charge in [0, 0.05) is 24.6 Å². The van der Waals surface area contributed by atoms with E-state index in [0.717, 1.165) is 22.4 Å². The Labute approximate surface area is 128 Å². The van der Waals surface area contributed by atoms with Crippen molar-refractivity contribution in [3.8, 4) is 28.4 Å². The maximum atomic E-state index is 11.5. The molecule has 0 unspecified atom stereocenters. The van der Waals surface area contributed by atoms with E-state index >= 15 is 0 Å². The third kappa shape index (κ3) is 2.39. The second-order valence-electron chi connectivity index (χ2n) is 5.14. The third-order valence-electron chi connectivity index (χ3n) is 3.81. The molecule has 0 aliphatic heterocycles. The molecule has 0 saturated carbocycles. The molecule has 0 fully saturated rings. The molecule has 0 N–H and O–H groups in total. The molecule has 0 bridgehead atoms. The van der Waals surface area contributed by atoms with E-state index < -0.39 is 0 Å². The normalized spacial score (nSPS) is 13.0. The van der Waals surface area contributed by atoms with Gasteiger partial charge in [0.15, 0.2) is 11.5 Å². The summed E-state index contributed by atoms with van der Waals surface area (Å²) in [6.45, 7) is 0. The maximum Gasteiger partial charge on any atom is 0.203 e. The number of carbonyl (C=O) groups excluding carboxylic acids is 1. The van der Waals surface area contributed by atoms with Crippen LogP contribution >= 0.6 is 0 Å². The molecule has 1 heterocycles. The Morgan fingerprint density at radius 2 is 1.59 bits per heavy atom. The van der Waals surface area contributed by atoms with Crippen LogP contribution in [0, 0.1) is 0 Å². The lowest BCUT2D eigenvalue weighted by atomic mass is 10.0. The molecule has 2 aromatic rings. The standard InChI is InChI=1S/C17H17NO4/c1-20-15-6-10(7-16(21-2)17(15)22-3)12-4-11-5-13(19)8-14(11)18-9-12/h4,6-7,9H,5,8H2,1-3H3. The van der Waals surface area contributed by atoms with E-state index in [1.165, 1.54) is 0 Å². The summed E-state index contributed by atoms with van der Waals surface area (Å²) in [5.41, 5.74) is 3.70. The maximum absolute atomic E-state index is 11.5. The van der Waals surface area contributed by atoms with Gasteiger partial charge in [-0.3, -0.25) is 9.78 Å². The van der Waals surface area contributed by atoms with Crippen molar-refractivity contribution in [3.63, 3.8) is 0 Å². The van der Waals surface area contributed by atoms with Crippen molar-refractivity contribution < 1.29 is 19.0 Å². The summed E-state index contributed by atoms with van der Waals surface area (Å²) in [6.07, 6.45) is 2.67. The molecule has 0 amide bonds. The van der Waals surface area contributed by atoms with Crippen molar-refractivity contribution in [3.05, 3.63) is 35.7 Å². The van der Waals surface area contributed by atoms with Gasteiger partial charge in [-0.15, -0.1) is 0 Å². The monoisotopic (exact) mass is 299 g/mol. The average molecular weight is 299 g/mol. The van der Waals surface area contributed by atoms with E-state index in [1.807, 2.05) is 18.2 Å². The molecule has 5 nitrogen and oxygen atoms in total. The minimum Gasteiger partial charge on any atom is -0.493 e. The number of benzene rings is 1. The lowest BCUT2D eigenvalue weighted by molar-refractivity contribution is -0.117. The molecular weight excluding hydrogens is 282 g/mol. The van der Waals surface area contributed by atoms with Crippen LogP contribution in [-0.4, -0.2) is 32.1 Å². The van der Waals surface area contributed by atoms with E-state index in [0.29, 0.717) is 30.1 Å². The predicted molar refractivity (Wildman–Crippen MR) is 81.7 cm³/mol. The van der Waals surface area contributed by atoms with Gasteiger partial charge in [0.25, 0.3) is 0 Å². The van der Waals surface area contributed by atoms with Gasteiger partial charge >= 0.3 is 0 Å². The van der Waals surface area contributed by atoms with Crippen LogP contribution in [0.4, 0.5) is 0 Å². The van der Waals surface area contributed by atoms with E-state index in [9.17, 15) is 4.79 Å². The van der Waals surface area contributed by atoms with Gasteiger partial charge in [-0.25, -0.2) is 0 Å². The van der Waals surface area contributed by atoms with Gasteiger partial charge in [0.2, 0.25) is 5.75 Å². The van der Waals surface area contributed by atoms with Crippen LogP contribution in [0.2, 0.25) is 0 Å². The molecule has 1 aromatic carbocycles. The van der Waals surface area contributed by atoms with Gasteiger partial charge in [0.1, 0.15) is 5.78 Å². The van der Waals surface area contributed by atoms with Crippen molar-refractivity contribution in [2.75, 3.05) is 21.3 Å². The van der Waals surface area contributed by atoms with Crippen LogP contribution in [0.15, 0.2) is 24.4 Å². The zero-order valence-electron chi connectivity index (χ0n) is 12.8. The first-order valence-corrected chi connectivity index (χ1v) is 6.96. The van der Waals surface area contributed by atoms with Crippen molar-refractivity contribution in [2.24, 2.45) is 0 Å². The molecule has 1 aliphatic carbocycles. The SMILES string of the molecule is COc1cc(-c2cnc3c(c2)CC(=O)C3)cc(OC)c1OC. The Balaban J connectivity index is 2.09. The Bertz CT molecular complexity index is 714. The first kappa shape index (κ1) is 14.4. The van der Waals surface area contributed by atoms with E-state index in [1.54, 1.807) is 27.5 Å². The van der Waals surface area contributed by atoms with E-state index in [4.69, 9.17) is 14.2 Å². The number of hydrogen-bond donors (Lipinski definition) is 0. The number of ether oxygens (including phenoxy) is 3. The number of ketones is 1. The van der Waals surface area contributed by atoms with Crippen molar-refractivity contribution >= 4 is 5.78 Å². The molecule has 3 rings (SSSR count). The summed E-state index contributed by atoms with van der Waals surface area (Å²) in [6, 6.07) is 5.76. The van der Waals surface area contributed by atoms with Gasteiger partial charge in [-0.1, -0.05) is 0 Å². The Morgan fingerprint density at radius 1 is 0.909 bits per heavy atom. The lowest BCUT2D eigenvalue weighted by Crippen LogP contribution is -1.96. The topological polar surface area (TPSA) is 57.7 Å². The van der Waals surface area contributed by atoms with Crippen LogP contribution < -0.4 is 14.2 Å². The molecule has 0 saturated heterocycles. The zero-order valence-corrected chi connectivity index (χ0v) is 12.8. The van der Waals surface area contributed by atoms with Gasteiger partial charge in [-0.2, -0.15) is 0 Å². The van der Waals surface area contributed by atoms with Crippen molar-refractivity contribution in [1.82, 2.24) is 4.98 Å². The van der Waals surface area contributed by atoms with Crippen LogP contribution in [-0.2, 0) is 17.6 Å². The van der Waals surface area contributed by atoms with Gasteiger partial charge < -0.3 is 14.2 Å². The number of Topliss-reactive ketones (excluding diaryl/α,β-unsaturated/α-hetero) is 1. The lowest BCUT2D eigenvalue weighted by Gasteiger charge is -2.14. The third-order valence-corrected chi connectivity index (χ3v) is 3.81. The minimum atomic E-state index is 0.213. The summed E-state index contributed by atoms with van der Waals surface area (Å²) < 4.78 is 16.1. The first-order valence-electron chi connectivity index (χ1n) is 6.96. The molecule has 5 heteroatoms. The average Bonchev–Trinajstić information content (AvgIpc) is 2.92. The zero-order chi connectivity index (χ0) is 15.7. The highest BCUT2D eigenvalue weighted by molar-refractivity contribution is 5.88. The summed E-state index contributed by atoms with van der Waals surface area (Å²) in [4.78, 5) is 15.9. The predicted octanol–water partition coefficient (Wildman–Crippen LogP) is 2.44. The second kappa shape index (κ2) is 5.67. The van der Waals surface area contributed by atoms with Crippen LogP contribution in [0.1, 0.15) is 11.3 Å². The highest BCUT2D eigenvalue weighted by atomic mass is 16.5. The molecule has 0 spiro atoms. The highest BCUT2D eigenvalue weighted by Gasteiger charge is 2.21. The minimum absolute atomic E-state index is 0.213.